The van der Waals surface area contributed by atoms with E-state index in [0.29, 0.717) is 36.8 Å². The Hall–Kier alpha value is -2.24. The molecule has 1 amide bonds. The molecule has 0 aliphatic heterocycles. The first-order valence-electron chi connectivity index (χ1n) is 7.44. The lowest BCUT2D eigenvalue weighted by Gasteiger charge is -2.21. The summed E-state index contributed by atoms with van der Waals surface area (Å²) in [4.78, 5) is 24.6. The Balaban J connectivity index is 2.95. The first kappa shape index (κ1) is 17.8. The van der Waals surface area contributed by atoms with Crippen LogP contribution in [0.2, 0.25) is 0 Å². The summed E-state index contributed by atoms with van der Waals surface area (Å²) in [5, 5.41) is 8.75. The summed E-state index contributed by atoms with van der Waals surface area (Å²) in [5.41, 5.74) is 0.458. The summed E-state index contributed by atoms with van der Waals surface area (Å²) in [5.74, 6) is -0.0281. The lowest BCUT2D eigenvalue weighted by Crippen LogP contribution is -2.32. The molecule has 0 unspecified atom stereocenters. The van der Waals surface area contributed by atoms with Crippen LogP contribution in [0.25, 0.3) is 0 Å². The van der Waals surface area contributed by atoms with E-state index in [1.807, 2.05) is 20.8 Å². The highest BCUT2D eigenvalue weighted by molar-refractivity contribution is 5.95. The Morgan fingerprint density at radius 3 is 2.27 bits per heavy atom. The summed E-state index contributed by atoms with van der Waals surface area (Å²) in [6.07, 6.45) is -0.0745. The predicted molar refractivity (Wildman–Crippen MR) is 82.6 cm³/mol. The maximum absolute atomic E-state index is 12.5. The van der Waals surface area contributed by atoms with Gasteiger partial charge < -0.3 is 19.5 Å². The molecule has 22 heavy (non-hydrogen) atoms. The summed E-state index contributed by atoms with van der Waals surface area (Å²) < 4.78 is 11.0. The highest BCUT2D eigenvalue weighted by Crippen LogP contribution is 2.29. The van der Waals surface area contributed by atoms with Gasteiger partial charge in [-0.3, -0.25) is 9.59 Å². The Morgan fingerprint density at radius 1 is 1.09 bits per heavy atom. The fraction of sp³-hybridized carbons (Fsp3) is 0.500. The zero-order valence-corrected chi connectivity index (χ0v) is 13.3. The van der Waals surface area contributed by atoms with Gasteiger partial charge in [0, 0.05) is 18.7 Å². The molecule has 1 aromatic rings. The molecule has 0 bridgehead atoms. The zero-order valence-electron chi connectivity index (χ0n) is 13.3. The first-order chi connectivity index (χ1) is 10.5. The largest absolute Gasteiger partial charge is 0.490 e. The lowest BCUT2D eigenvalue weighted by atomic mass is 10.1. The average Bonchev–Trinajstić information content (AvgIpc) is 2.49. The van der Waals surface area contributed by atoms with Crippen LogP contribution in [0.4, 0.5) is 0 Å². The molecular formula is C16H23NO5. The van der Waals surface area contributed by atoms with Crippen molar-refractivity contribution >= 4 is 11.9 Å². The van der Waals surface area contributed by atoms with Gasteiger partial charge in [-0.15, -0.1) is 0 Å². The molecule has 0 aromatic heterocycles. The molecule has 0 saturated carbocycles. The van der Waals surface area contributed by atoms with Crippen LogP contribution in [0.1, 0.15) is 37.6 Å². The molecule has 0 saturated heterocycles. The number of hydrogen-bond donors (Lipinski definition) is 1. The van der Waals surface area contributed by atoms with Crippen LogP contribution in [0.3, 0.4) is 0 Å². The minimum atomic E-state index is -0.923. The zero-order chi connectivity index (χ0) is 16.5. The minimum absolute atomic E-state index is 0.0745. The van der Waals surface area contributed by atoms with E-state index in [0.717, 1.165) is 0 Å². The molecule has 0 spiro atoms. The van der Waals surface area contributed by atoms with Crippen LogP contribution < -0.4 is 9.47 Å². The topological polar surface area (TPSA) is 76.1 Å². The van der Waals surface area contributed by atoms with Crippen molar-refractivity contribution in [1.82, 2.24) is 4.90 Å². The van der Waals surface area contributed by atoms with Gasteiger partial charge in [-0.25, -0.2) is 0 Å². The molecule has 1 N–H and O–H groups in total. The number of carboxylic acid groups (broad SMARTS) is 1. The van der Waals surface area contributed by atoms with E-state index in [4.69, 9.17) is 14.6 Å². The number of hydrogen-bond acceptors (Lipinski definition) is 4. The van der Waals surface area contributed by atoms with Crippen molar-refractivity contribution < 1.29 is 24.2 Å². The third kappa shape index (κ3) is 4.95. The van der Waals surface area contributed by atoms with Crippen LogP contribution in [-0.4, -0.2) is 48.2 Å². The molecule has 0 fully saturated rings. The Labute approximate surface area is 130 Å². The summed E-state index contributed by atoms with van der Waals surface area (Å²) >= 11 is 0. The molecule has 6 nitrogen and oxygen atoms in total. The summed E-state index contributed by atoms with van der Waals surface area (Å²) in [6, 6.07) is 5.01. The Kier molecular flexibility index (Phi) is 7.22. The predicted octanol–water partition coefficient (Wildman–Crippen LogP) is 2.42. The molecule has 0 radical (unpaired) electrons. The molecule has 1 rings (SSSR count). The van der Waals surface area contributed by atoms with Gasteiger partial charge in [0.1, 0.15) is 0 Å². The number of ether oxygens (including phenoxy) is 2. The highest BCUT2D eigenvalue weighted by Gasteiger charge is 2.17. The third-order valence-electron chi connectivity index (χ3n) is 3.05. The second kappa shape index (κ2) is 8.92. The van der Waals surface area contributed by atoms with Crippen LogP contribution in [-0.2, 0) is 4.79 Å². The molecule has 122 valence electrons. The number of carbonyl (C=O) groups excluding carboxylic acids is 1. The fourth-order valence-electron chi connectivity index (χ4n) is 2.00. The second-order valence-electron chi connectivity index (χ2n) is 4.56. The number of amides is 1. The van der Waals surface area contributed by atoms with Gasteiger partial charge in [0.2, 0.25) is 0 Å². The molecular weight excluding hydrogens is 286 g/mol. The Morgan fingerprint density at radius 2 is 1.73 bits per heavy atom. The van der Waals surface area contributed by atoms with Crippen molar-refractivity contribution in [2.45, 2.75) is 27.2 Å². The van der Waals surface area contributed by atoms with Crippen molar-refractivity contribution in [1.29, 1.82) is 0 Å². The summed E-state index contributed by atoms with van der Waals surface area (Å²) in [6.45, 7) is 7.15. The normalized spacial score (nSPS) is 10.1. The van der Waals surface area contributed by atoms with E-state index in [-0.39, 0.29) is 18.9 Å². The van der Waals surface area contributed by atoms with E-state index in [1.165, 1.54) is 4.90 Å². The molecule has 6 heteroatoms. The first-order valence-corrected chi connectivity index (χ1v) is 7.44. The monoisotopic (exact) mass is 309 g/mol. The summed E-state index contributed by atoms with van der Waals surface area (Å²) in [7, 11) is 0. The van der Waals surface area contributed by atoms with Gasteiger partial charge in [0.15, 0.2) is 11.5 Å². The van der Waals surface area contributed by atoms with Crippen LogP contribution in [0.15, 0.2) is 18.2 Å². The van der Waals surface area contributed by atoms with Gasteiger partial charge in [-0.2, -0.15) is 0 Å². The average molecular weight is 309 g/mol. The number of nitrogens with zero attached hydrogens (tertiary/aromatic N) is 1. The molecule has 0 aliphatic carbocycles. The van der Waals surface area contributed by atoms with Crippen molar-refractivity contribution in [2.75, 3.05) is 26.3 Å². The highest BCUT2D eigenvalue weighted by atomic mass is 16.5. The van der Waals surface area contributed by atoms with Crippen LogP contribution in [0.5, 0.6) is 11.5 Å². The quantitative estimate of drug-likeness (QED) is 0.758. The number of rotatable bonds is 9. The van der Waals surface area contributed by atoms with Crippen molar-refractivity contribution in [3.63, 3.8) is 0 Å². The van der Waals surface area contributed by atoms with E-state index in [1.54, 1.807) is 18.2 Å². The molecule has 0 atom stereocenters. The maximum atomic E-state index is 12.5. The van der Waals surface area contributed by atoms with Gasteiger partial charge in [-0.1, -0.05) is 0 Å². The van der Waals surface area contributed by atoms with Gasteiger partial charge in [0.25, 0.3) is 5.91 Å². The number of benzene rings is 1. The smallest absolute Gasteiger partial charge is 0.305 e. The lowest BCUT2D eigenvalue weighted by molar-refractivity contribution is -0.137. The van der Waals surface area contributed by atoms with Crippen LogP contribution >= 0.6 is 0 Å². The van der Waals surface area contributed by atoms with Gasteiger partial charge >= 0.3 is 5.97 Å². The SMILES string of the molecule is CCOc1ccc(C(=O)N(CC)CCC(=O)O)cc1OCC. The van der Waals surface area contributed by atoms with E-state index in [9.17, 15) is 9.59 Å². The minimum Gasteiger partial charge on any atom is -0.490 e. The van der Waals surface area contributed by atoms with E-state index >= 15 is 0 Å². The van der Waals surface area contributed by atoms with Crippen molar-refractivity contribution in [3.8, 4) is 11.5 Å². The molecule has 0 heterocycles. The maximum Gasteiger partial charge on any atom is 0.305 e. The molecule has 0 aliphatic rings. The molecule has 1 aromatic carbocycles. The number of carboxylic acids is 1. The van der Waals surface area contributed by atoms with Crippen LogP contribution in [0, 0.1) is 0 Å². The van der Waals surface area contributed by atoms with Gasteiger partial charge in [0.05, 0.1) is 19.6 Å². The Bertz CT molecular complexity index is 515. The standard InChI is InChI=1S/C16H23NO5/c1-4-17(10-9-15(18)19)16(20)12-7-8-13(21-5-2)14(11-12)22-6-3/h7-8,11H,4-6,9-10H2,1-3H3,(H,18,19). The van der Waals surface area contributed by atoms with E-state index < -0.39 is 5.97 Å². The second-order valence-corrected chi connectivity index (χ2v) is 4.56. The number of aliphatic carboxylic acids is 1. The van der Waals surface area contributed by atoms with E-state index in [2.05, 4.69) is 0 Å². The van der Waals surface area contributed by atoms with Crippen molar-refractivity contribution in [2.24, 2.45) is 0 Å². The number of carbonyl (C=O) groups is 2. The fourth-order valence-corrected chi connectivity index (χ4v) is 2.00. The third-order valence-corrected chi connectivity index (χ3v) is 3.05. The van der Waals surface area contributed by atoms with Gasteiger partial charge in [-0.05, 0) is 39.0 Å². The van der Waals surface area contributed by atoms with Crippen molar-refractivity contribution in [3.05, 3.63) is 23.8 Å².